The number of rotatable bonds is 0. The second-order valence-corrected chi connectivity index (χ2v) is 2.34. The zero-order chi connectivity index (χ0) is 5.56. The fourth-order valence-corrected chi connectivity index (χ4v) is 1.29. The standard InChI is InChI=1S/C6H7NO/c8-6-4-1-2-5(3-4)7-6/h1-2,4-5H,3H2,(H,7,8)/t4-,5-/m0/s1. The van der Waals surface area contributed by atoms with Crippen molar-refractivity contribution in [1.29, 1.82) is 0 Å². The Balaban J connectivity index is 2.35. The van der Waals surface area contributed by atoms with Crippen LogP contribution in [0.25, 0.3) is 0 Å². The Morgan fingerprint density at radius 2 is 2.50 bits per heavy atom. The molecule has 0 aromatic rings. The smallest absolute Gasteiger partial charge is 0.227 e. The molecule has 1 fully saturated rings. The molecule has 0 saturated carbocycles. The molecule has 0 aromatic heterocycles. The molecule has 8 heavy (non-hydrogen) atoms. The second-order valence-electron chi connectivity index (χ2n) is 2.34. The van der Waals surface area contributed by atoms with E-state index in [0.717, 1.165) is 6.42 Å². The number of fused-ring (bicyclic) bond motifs is 2. The first kappa shape index (κ1) is 4.13. The van der Waals surface area contributed by atoms with Gasteiger partial charge in [0.2, 0.25) is 5.91 Å². The monoisotopic (exact) mass is 109 g/mol. The van der Waals surface area contributed by atoms with Crippen molar-refractivity contribution < 1.29 is 4.79 Å². The minimum absolute atomic E-state index is 0.206. The Morgan fingerprint density at radius 3 is 2.75 bits per heavy atom. The molecule has 1 amide bonds. The van der Waals surface area contributed by atoms with Gasteiger partial charge in [0, 0.05) is 6.04 Å². The molecule has 2 bridgehead atoms. The van der Waals surface area contributed by atoms with Gasteiger partial charge in [-0.05, 0) is 6.42 Å². The number of amides is 1. The lowest BCUT2D eigenvalue weighted by Gasteiger charge is -2.01. The molecule has 42 valence electrons. The summed E-state index contributed by atoms with van der Waals surface area (Å²) < 4.78 is 0. The van der Waals surface area contributed by atoms with Gasteiger partial charge in [0.15, 0.2) is 0 Å². The van der Waals surface area contributed by atoms with Crippen molar-refractivity contribution in [3.05, 3.63) is 12.2 Å². The van der Waals surface area contributed by atoms with Crippen molar-refractivity contribution in [2.24, 2.45) is 5.92 Å². The number of carbonyl (C=O) groups is 1. The van der Waals surface area contributed by atoms with Crippen LogP contribution in [0.4, 0.5) is 0 Å². The van der Waals surface area contributed by atoms with E-state index in [2.05, 4.69) is 11.4 Å². The second kappa shape index (κ2) is 1.13. The van der Waals surface area contributed by atoms with Crippen LogP contribution in [0.3, 0.4) is 0 Å². The van der Waals surface area contributed by atoms with E-state index < -0.39 is 0 Å². The van der Waals surface area contributed by atoms with E-state index >= 15 is 0 Å². The maximum Gasteiger partial charge on any atom is 0.227 e. The van der Waals surface area contributed by atoms with E-state index in [1.165, 1.54) is 0 Å². The molecule has 0 radical (unpaired) electrons. The highest BCUT2D eigenvalue weighted by Crippen LogP contribution is 2.23. The molecule has 1 heterocycles. The average molecular weight is 109 g/mol. The van der Waals surface area contributed by atoms with Gasteiger partial charge in [-0.25, -0.2) is 0 Å². The van der Waals surface area contributed by atoms with Gasteiger partial charge in [-0.3, -0.25) is 4.79 Å². The van der Waals surface area contributed by atoms with Gasteiger partial charge in [-0.1, -0.05) is 12.2 Å². The predicted molar refractivity (Wildman–Crippen MR) is 29.2 cm³/mol. The Hall–Kier alpha value is -0.790. The van der Waals surface area contributed by atoms with Crippen molar-refractivity contribution in [2.45, 2.75) is 12.5 Å². The third kappa shape index (κ3) is 0.351. The first-order chi connectivity index (χ1) is 3.86. The Bertz CT molecular complexity index is 162. The van der Waals surface area contributed by atoms with Crippen LogP contribution in [-0.4, -0.2) is 11.9 Å². The van der Waals surface area contributed by atoms with E-state index in [1.807, 2.05) is 6.08 Å². The lowest BCUT2D eigenvalue weighted by molar-refractivity contribution is -0.121. The SMILES string of the molecule is O=C1N[C@H]2C=C[C@H]1C2. The van der Waals surface area contributed by atoms with Gasteiger partial charge in [-0.2, -0.15) is 0 Å². The molecule has 1 N–H and O–H groups in total. The maximum atomic E-state index is 10.7. The van der Waals surface area contributed by atoms with E-state index in [-0.39, 0.29) is 11.8 Å². The number of nitrogens with one attached hydrogen (secondary N) is 1. The highest BCUT2D eigenvalue weighted by Gasteiger charge is 2.32. The van der Waals surface area contributed by atoms with E-state index in [1.54, 1.807) is 0 Å². The third-order valence-electron chi connectivity index (χ3n) is 1.75. The molecule has 2 nitrogen and oxygen atoms in total. The van der Waals surface area contributed by atoms with Crippen LogP contribution in [0.15, 0.2) is 12.2 Å². The number of carbonyl (C=O) groups excluding carboxylic acids is 1. The van der Waals surface area contributed by atoms with Gasteiger partial charge >= 0.3 is 0 Å². The van der Waals surface area contributed by atoms with Gasteiger partial charge in [-0.15, -0.1) is 0 Å². The highest BCUT2D eigenvalue weighted by atomic mass is 16.2. The summed E-state index contributed by atoms with van der Waals surface area (Å²) in [7, 11) is 0. The zero-order valence-corrected chi connectivity index (χ0v) is 4.42. The van der Waals surface area contributed by atoms with Crippen LogP contribution in [0.1, 0.15) is 6.42 Å². The number of hydrogen-bond acceptors (Lipinski definition) is 1. The molecule has 2 rings (SSSR count). The molecular formula is C6H7NO. The topological polar surface area (TPSA) is 29.1 Å². The predicted octanol–water partition coefficient (Wildman–Crippen LogP) is 0.0609. The van der Waals surface area contributed by atoms with Gasteiger partial charge in [0.05, 0.1) is 5.92 Å². The Morgan fingerprint density at radius 1 is 1.62 bits per heavy atom. The summed E-state index contributed by atoms with van der Waals surface area (Å²) in [4.78, 5) is 10.7. The molecule has 1 aliphatic heterocycles. The van der Waals surface area contributed by atoms with Crippen molar-refractivity contribution in [2.75, 3.05) is 0 Å². The lowest BCUT2D eigenvalue weighted by atomic mass is 10.1. The quantitative estimate of drug-likeness (QED) is 0.438. The van der Waals surface area contributed by atoms with Crippen LogP contribution < -0.4 is 5.32 Å². The fraction of sp³-hybridized carbons (Fsp3) is 0.500. The van der Waals surface area contributed by atoms with Crippen molar-refractivity contribution in [3.63, 3.8) is 0 Å². The molecule has 0 aromatic carbocycles. The van der Waals surface area contributed by atoms with Crippen LogP contribution >= 0.6 is 0 Å². The largest absolute Gasteiger partial charge is 0.349 e. The average Bonchev–Trinajstić information content (AvgIpc) is 2.23. The summed E-state index contributed by atoms with van der Waals surface area (Å²) in [6.07, 6.45) is 5.05. The van der Waals surface area contributed by atoms with E-state index in [4.69, 9.17) is 0 Å². The summed E-state index contributed by atoms with van der Waals surface area (Å²) in [5.74, 6) is 0.414. The molecule has 0 unspecified atom stereocenters. The molecule has 2 aliphatic rings. The molecule has 2 atom stereocenters. The molecule has 0 spiro atoms. The Kier molecular flexibility index (Phi) is 0.583. The summed E-state index contributed by atoms with van der Waals surface area (Å²) in [6, 6.07) is 0.368. The fourth-order valence-electron chi connectivity index (χ4n) is 1.29. The van der Waals surface area contributed by atoms with Gasteiger partial charge < -0.3 is 5.32 Å². The summed E-state index contributed by atoms with van der Waals surface area (Å²) in [5, 5.41) is 2.83. The Labute approximate surface area is 47.6 Å². The third-order valence-corrected chi connectivity index (χ3v) is 1.75. The summed E-state index contributed by atoms with van der Waals surface area (Å²) in [5.41, 5.74) is 0. The molecule has 2 heteroatoms. The highest BCUT2D eigenvalue weighted by molar-refractivity contribution is 5.84. The molecule has 1 saturated heterocycles. The van der Waals surface area contributed by atoms with Crippen LogP contribution in [0.5, 0.6) is 0 Å². The number of hydrogen-bond donors (Lipinski definition) is 1. The van der Waals surface area contributed by atoms with Gasteiger partial charge in [0.25, 0.3) is 0 Å². The van der Waals surface area contributed by atoms with Gasteiger partial charge in [0.1, 0.15) is 0 Å². The molecule has 1 aliphatic carbocycles. The van der Waals surface area contributed by atoms with Crippen LogP contribution in [0, 0.1) is 5.92 Å². The van der Waals surface area contributed by atoms with Crippen molar-refractivity contribution >= 4 is 5.91 Å². The van der Waals surface area contributed by atoms with E-state index in [0.29, 0.717) is 6.04 Å². The lowest BCUT2D eigenvalue weighted by Crippen LogP contribution is -2.26. The normalized spacial score (nSPS) is 40.8. The van der Waals surface area contributed by atoms with Crippen molar-refractivity contribution in [1.82, 2.24) is 5.32 Å². The zero-order valence-electron chi connectivity index (χ0n) is 4.42. The maximum absolute atomic E-state index is 10.7. The summed E-state index contributed by atoms with van der Waals surface area (Å²) in [6.45, 7) is 0. The minimum Gasteiger partial charge on any atom is -0.349 e. The summed E-state index contributed by atoms with van der Waals surface area (Å²) >= 11 is 0. The van der Waals surface area contributed by atoms with Crippen LogP contribution in [-0.2, 0) is 4.79 Å². The van der Waals surface area contributed by atoms with Crippen LogP contribution in [0.2, 0.25) is 0 Å². The minimum atomic E-state index is 0.206. The first-order valence-corrected chi connectivity index (χ1v) is 2.85. The first-order valence-electron chi connectivity index (χ1n) is 2.85. The molecular weight excluding hydrogens is 102 g/mol. The van der Waals surface area contributed by atoms with E-state index in [9.17, 15) is 4.79 Å². The van der Waals surface area contributed by atoms with Crippen molar-refractivity contribution in [3.8, 4) is 0 Å².